The Balaban J connectivity index is 1.83. The van der Waals surface area contributed by atoms with Crippen molar-refractivity contribution < 1.29 is 9.72 Å². The van der Waals surface area contributed by atoms with Crippen LogP contribution in [0.5, 0.6) is 0 Å². The van der Waals surface area contributed by atoms with Crippen molar-refractivity contribution in [2.75, 3.05) is 5.32 Å². The number of amides is 1. The minimum absolute atomic E-state index is 0.0743. The standard InChI is InChI=1S/C16H9BrClN3O3S/c17-10-3-1-9(2-4-10)13-8-25-16(19-13)20-15(22)12-6-5-11(18)7-14(12)21(23)24/h1-8H,(H,19,20,22). The van der Waals surface area contributed by atoms with Crippen LogP contribution in [-0.4, -0.2) is 15.8 Å². The number of hydrogen-bond donors (Lipinski definition) is 1. The highest BCUT2D eigenvalue weighted by Crippen LogP contribution is 2.28. The average Bonchev–Trinajstić information content (AvgIpc) is 3.03. The number of rotatable bonds is 4. The first-order valence-corrected chi connectivity index (χ1v) is 8.96. The highest BCUT2D eigenvalue weighted by Gasteiger charge is 2.21. The zero-order chi connectivity index (χ0) is 18.0. The molecule has 0 aliphatic carbocycles. The maximum atomic E-state index is 12.3. The molecule has 0 saturated carbocycles. The Morgan fingerprint density at radius 1 is 1.24 bits per heavy atom. The lowest BCUT2D eigenvalue weighted by Gasteiger charge is -2.03. The van der Waals surface area contributed by atoms with E-state index in [1.54, 1.807) is 5.38 Å². The molecule has 0 saturated heterocycles. The fourth-order valence-corrected chi connectivity index (χ4v) is 3.24. The molecule has 0 radical (unpaired) electrons. The SMILES string of the molecule is O=C(Nc1nc(-c2ccc(Br)cc2)cs1)c1ccc(Cl)cc1[N+](=O)[O-]. The molecule has 1 amide bonds. The number of aromatic nitrogens is 1. The monoisotopic (exact) mass is 437 g/mol. The third kappa shape index (κ3) is 4.04. The molecule has 0 aliphatic heterocycles. The molecule has 1 heterocycles. The summed E-state index contributed by atoms with van der Waals surface area (Å²) in [5.41, 5.74) is 1.18. The van der Waals surface area contributed by atoms with Gasteiger partial charge in [0.25, 0.3) is 11.6 Å². The Labute approximate surface area is 159 Å². The highest BCUT2D eigenvalue weighted by atomic mass is 79.9. The quantitative estimate of drug-likeness (QED) is 0.437. The molecule has 25 heavy (non-hydrogen) atoms. The summed E-state index contributed by atoms with van der Waals surface area (Å²) in [6.45, 7) is 0. The molecular formula is C16H9BrClN3O3S. The number of nitrogens with one attached hydrogen (secondary N) is 1. The van der Waals surface area contributed by atoms with Gasteiger partial charge in [-0.15, -0.1) is 11.3 Å². The third-order valence-electron chi connectivity index (χ3n) is 3.27. The molecule has 6 nitrogen and oxygen atoms in total. The first-order valence-electron chi connectivity index (χ1n) is 6.91. The normalized spacial score (nSPS) is 10.5. The lowest BCUT2D eigenvalue weighted by atomic mass is 10.1. The number of carbonyl (C=O) groups excluding carboxylic acids is 1. The summed E-state index contributed by atoms with van der Waals surface area (Å²) in [4.78, 5) is 27.1. The summed E-state index contributed by atoms with van der Waals surface area (Å²) in [7, 11) is 0. The van der Waals surface area contributed by atoms with Crippen LogP contribution in [0.25, 0.3) is 11.3 Å². The number of anilines is 1. The van der Waals surface area contributed by atoms with E-state index in [4.69, 9.17) is 11.6 Å². The largest absolute Gasteiger partial charge is 0.298 e. The van der Waals surface area contributed by atoms with Gasteiger partial charge in [0.2, 0.25) is 0 Å². The van der Waals surface area contributed by atoms with Crippen LogP contribution in [-0.2, 0) is 0 Å². The van der Waals surface area contributed by atoms with Crippen molar-refractivity contribution in [3.8, 4) is 11.3 Å². The Morgan fingerprint density at radius 3 is 2.64 bits per heavy atom. The number of nitro groups is 1. The summed E-state index contributed by atoms with van der Waals surface area (Å²) < 4.78 is 0.954. The molecule has 126 valence electrons. The second-order valence-corrected chi connectivity index (χ2v) is 7.13. The van der Waals surface area contributed by atoms with Crippen molar-refractivity contribution in [1.82, 2.24) is 4.98 Å². The number of benzene rings is 2. The van der Waals surface area contributed by atoms with Gasteiger partial charge in [-0.3, -0.25) is 20.2 Å². The molecule has 1 N–H and O–H groups in total. The third-order valence-corrected chi connectivity index (χ3v) is 4.79. The van der Waals surface area contributed by atoms with Crippen molar-refractivity contribution in [1.29, 1.82) is 0 Å². The Morgan fingerprint density at radius 2 is 1.96 bits per heavy atom. The molecule has 3 aromatic rings. The van der Waals surface area contributed by atoms with E-state index in [-0.39, 0.29) is 16.3 Å². The van der Waals surface area contributed by atoms with Gasteiger partial charge >= 0.3 is 0 Å². The number of nitrogens with zero attached hydrogens (tertiary/aromatic N) is 2. The zero-order valence-electron chi connectivity index (χ0n) is 12.4. The zero-order valence-corrected chi connectivity index (χ0v) is 15.6. The molecular weight excluding hydrogens is 430 g/mol. The Bertz CT molecular complexity index is 960. The van der Waals surface area contributed by atoms with Crippen molar-refractivity contribution >= 4 is 55.6 Å². The number of nitro benzene ring substituents is 1. The fourth-order valence-electron chi connectivity index (χ4n) is 2.10. The Hall–Kier alpha value is -2.29. The van der Waals surface area contributed by atoms with Crippen molar-refractivity contribution in [2.45, 2.75) is 0 Å². The number of carbonyl (C=O) groups is 1. The Kier molecular flexibility index (Phi) is 5.12. The highest BCUT2D eigenvalue weighted by molar-refractivity contribution is 9.10. The van der Waals surface area contributed by atoms with E-state index in [1.165, 1.54) is 23.5 Å². The molecule has 0 spiro atoms. The smallest absolute Gasteiger partial charge is 0.283 e. The molecule has 1 aromatic heterocycles. The minimum Gasteiger partial charge on any atom is -0.298 e. The van der Waals surface area contributed by atoms with Gasteiger partial charge in [0.15, 0.2) is 5.13 Å². The number of halogens is 2. The van der Waals surface area contributed by atoms with E-state index in [1.807, 2.05) is 24.3 Å². The van der Waals surface area contributed by atoms with Crippen LogP contribution in [0.15, 0.2) is 52.3 Å². The van der Waals surface area contributed by atoms with E-state index >= 15 is 0 Å². The second-order valence-electron chi connectivity index (χ2n) is 4.92. The topological polar surface area (TPSA) is 85.1 Å². The van der Waals surface area contributed by atoms with Crippen LogP contribution in [0.2, 0.25) is 5.02 Å². The molecule has 0 aliphatic rings. The van der Waals surface area contributed by atoms with E-state index in [2.05, 4.69) is 26.2 Å². The van der Waals surface area contributed by atoms with E-state index < -0.39 is 10.8 Å². The molecule has 0 atom stereocenters. The maximum absolute atomic E-state index is 12.3. The van der Waals surface area contributed by atoms with Crippen molar-refractivity contribution in [3.63, 3.8) is 0 Å². The van der Waals surface area contributed by atoms with Gasteiger partial charge < -0.3 is 0 Å². The summed E-state index contributed by atoms with van der Waals surface area (Å²) in [6.07, 6.45) is 0. The fraction of sp³-hybridized carbons (Fsp3) is 0. The minimum atomic E-state index is -0.643. The summed E-state index contributed by atoms with van der Waals surface area (Å²) >= 11 is 10.4. The molecule has 2 aromatic carbocycles. The lowest BCUT2D eigenvalue weighted by molar-refractivity contribution is -0.385. The first-order chi connectivity index (χ1) is 11.9. The number of hydrogen-bond acceptors (Lipinski definition) is 5. The van der Waals surface area contributed by atoms with Crippen molar-refractivity contribution in [2.24, 2.45) is 0 Å². The summed E-state index contributed by atoms with van der Waals surface area (Å²) in [5, 5.41) is 16.0. The van der Waals surface area contributed by atoms with E-state index in [9.17, 15) is 14.9 Å². The van der Waals surface area contributed by atoms with Gasteiger partial charge in [-0.25, -0.2) is 4.98 Å². The molecule has 9 heteroatoms. The van der Waals surface area contributed by atoms with Gasteiger partial charge in [-0.1, -0.05) is 39.7 Å². The van der Waals surface area contributed by atoms with Crippen LogP contribution in [0.1, 0.15) is 10.4 Å². The average molecular weight is 439 g/mol. The molecule has 3 rings (SSSR count). The van der Waals surface area contributed by atoms with E-state index in [0.29, 0.717) is 10.8 Å². The molecule has 0 fully saturated rings. The van der Waals surface area contributed by atoms with Gasteiger partial charge in [0.05, 0.1) is 10.6 Å². The first kappa shape index (κ1) is 17.5. The summed E-state index contributed by atoms with van der Waals surface area (Å²) in [5.74, 6) is -0.611. The van der Waals surface area contributed by atoms with Gasteiger partial charge in [-0.2, -0.15) is 0 Å². The van der Waals surface area contributed by atoms with Gasteiger partial charge in [0, 0.05) is 26.5 Å². The van der Waals surface area contributed by atoms with Crippen molar-refractivity contribution in [3.05, 3.63) is 73.0 Å². The van der Waals surface area contributed by atoms with Gasteiger partial charge in [-0.05, 0) is 24.3 Å². The molecule has 0 unspecified atom stereocenters. The van der Waals surface area contributed by atoms with Gasteiger partial charge in [0.1, 0.15) is 5.56 Å². The van der Waals surface area contributed by atoms with Crippen LogP contribution in [0, 0.1) is 10.1 Å². The number of thiazole rings is 1. The van der Waals surface area contributed by atoms with Crippen LogP contribution in [0.4, 0.5) is 10.8 Å². The van der Waals surface area contributed by atoms with Crippen LogP contribution >= 0.6 is 38.9 Å². The van der Waals surface area contributed by atoms with Crippen LogP contribution in [0.3, 0.4) is 0 Å². The van der Waals surface area contributed by atoms with E-state index in [0.717, 1.165) is 16.1 Å². The predicted octanol–water partition coefficient (Wildman–Crippen LogP) is 5.39. The maximum Gasteiger partial charge on any atom is 0.283 e. The lowest BCUT2D eigenvalue weighted by Crippen LogP contribution is -2.13. The predicted molar refractivity (Wildman–Crippen MR) is 101 cm³/mol. The molecule has 0 bridgehead atoms. The summed E-state index contributed by atoms with van der Waals surface area (Å²) in [6, 6.07) is 11.5. The van der Waals surface area contributed by atoms with Crippen LogP contribution < -0.4 is 5.32 Å². The second kappa shape index (κ2) is 7.30.